The number of imidazole rings is 1. The van der Waals surface area contributed by atoms with Gasteiger partial charge in [0.1, 0.15) is 18.4 Å². The van der Waals surface area contributed by atoms with Crippen LogP contribution in [0.15, 0.2) is 55.4 Å². The number of ether oxygens (including phenoxy) is 1. The summed E-state index contributed by atoms with van der Waals surface area (Å²) in [6.07, 6.45) is 13.2. The van der Waals surface area contributed by atoms with Crippen molar-refractivity contribution in [1.29, 1.82) is 0 Å². The lowest BCUT2D eigenvalue weighted by atomic mass is 9.70. The van der Waals surface area contributed by atoms with Crippen molar-refractivity contribution in [3.63, 3.8) is 0 Å². The van der Waals surface area contributed by atoms with Crippen LogP contribution in [0, 0.1) is 5.41 Å². The van der Waals surface area contributed by atoms with Crippen molar-refractivity contribution in [3.8, 4) is 16.9 Å². The number of aliphatic hydroxyl groups is 1. The third-order valence-electron chi connectivity index (χ3n) is 11.5. The van der Waals surface area contributed by atoms with E-state index >= 15 is 0 Å². The van der Waals surface area contributed by atoms with Crippen LogP contribution in [0.3, 0.4) is 0 Å². The Balaban J connectivity index is 1.11. The quantitative estimate of drug-likeness (QED) is 0.122. The molecule has 4 aromatic heterocycles. The van der Waals surface area contributed by atoms with Gasteiger partial charge in [-0.3, -0.25) is 19.5 Å². The summed E-state index contributed by atoms with van der Waals surface area (Å²) < 4.78 is 21.5. The van der Waals surface area contributed by atoms with Crippen molar-refractivity contribution in [2.75, 3.05) is 68.8 Å². The van der Waals surface area contributed by atoms with Gasteiger partial charge in [-0.05, 0) is 89.6 Å². The molecule has 2 aliphatic rings. The van der Waals surface area contributed by atoms with E-state index in [1.165, 1.54) is 0 Å². The smallest absolute Gasteiger partial charge is 0.231 e. The van der Waals surface area contributed by atoms with Crippen molar-refractivity contribution in [2.45, 2.75) is 45.1 Å². The van der Waals surface area contributed by atoms with Gasteiger partial charge in [0.05, 0.1) is 48.4 Å². The molecular weight excluding hydrogens is 715 g/mol. The Morgan fingerprint density at radius 1 is 0.964 bits per heavy atom. The van der Waals surface area contributed by atoms with Gasteiger partial charge in [0.25, 0.3) is 0 Å². The van der Waals surface area contributed by atoms with Gasteiger partial charge in [0, 0.05) is 67.1 Å². The largest absolute Gasteiger partial charge is 0.494 e. The number of nitrogens with one attached hydrogen (secondary N) is 3. The molecule has 0 aliphatic carbocycles. The minimum absolute atomic E-state index is 0.170. The molecule has 6 aromatic rings. The van der Waals surface area contributed by atoms with Crippen molar-refractivity contribution in [1.82, 2.24) is 44.6 Å². The van der Waals surface area contributed by atoms with Crippen molar-refractivity contribution >= 4 is 63.5 Å². The highest BCUT2D eigenvalue weighted by molar-refractivity contribution is 7.71. The number of methoxy groups -OCH3 is 1. The van der Waals surface area contributed by atoms with Gasteiger partial charge in [-0.25, -0.2) is 4.98 Å². The molecule has 0 saturated carbocycles. The second-order valence-corrected chi connectivity index (χ2v) is 19.0. The molecule has 4 N–H and O–H groups in total. The maximum absolute atomic E-state index is 13.7. The molecule has 2 aliphatic heterocycles. The topological polar surface area (TPSA) is 175 Å². The maximum Gasteiger partial charge on any atom is 0.231 e. The first-order valence-corrected chi connectivity index (χ1v) is 21.3. The third-order valence-corrected chi connectivity index (χ3v) is 13.0. The number of rotatable bonds is 10. The summed E-state index contributed by atoms with van der Waals surface area (Å²) in [5.74, 6) is 1.40. The summed E-state index contributed by atoms with van der Waals surface area (Å²) in [5.41, 5.74) is 6.83. The molecule has 0 bridgehead atoms. The molecule has 16 heteroatoms. The first kappa shape index (κ1) is 36.8. The minimum atomic E-state index is -2.82. The molecule has 0 atom stereocenters. The second-order valence-electron chi connectivity index (χ2n) is 15.9. The SMILES string of the molecule is COc1cc(N2CCC3(CC2)CCN(C(C)(C)CO)CC3)c(-c2cnn(C)c2)cc1Nc1nc(Nc2ccc3nccnc3c2P(C)(C)=O)c2nc[nH]c2n1. The number of piperidine rings is 2. The van der Waals surface area contributed by atoms with Crippen LogP contribution < -0.4 is 25.6 Å². The molecule has 2 fully saturated rings. The summed E-state index contributed by atoms with van der Waals surface area (Å²) in [5, 5.41) is 21.9. The van der Waals surface area contributed by atoms with Gasteiger partial charge in [-0.2, -0.15) is 15.1 Å². The average molecular weight is 765 g/mol. The van der Waals surface area contributed by atoms with E-state index in [1.807, 2.05) is 36.3 Å². The minimum Gasteiger partial charge on any atom is -0.494 e. The first-order chi connectivity index (χ1) is 26.4. The number of aromatic nitrogens is 8. The van der Waals surface area contributed by atoms with E-state index in [9.17, 15) is 9.67 Å². The number of aliphatic hydroxyl groups excluding tert-OH is 1. The number of anilines is 5. The van der Waals surface area contributed by atoms with E-state index in [0.717, 1.165) is 68.7 Å². The predicted molar refractivity (Wildman–Crippen MR) is 218 cm³/mol. The van der Waals surface area contributed by atoms with Crippen molar-refractivity contribution in [3.05, 3.63) is 55.4 Å². The van der Waals surface area contributed by atoms with E-state index in [2.05, 4.69) is 71.4 Å². The molecule has 0 unspecified atom stereocenters. The van der Waals surface area contributed by atoms with Gasteiger partial charge >= 0.3 is 0 Å². The zero-order valence-electron chi connectivity index (χ0n) is 32.3. The normalized spacial score (nSPS) is 16.6. The Kier molecular flexibility index (Phi) is 9.51. The molecule has 1 spiro atoms. The lowest BCUT2D eigenvalue weighted by molar-refractivity contribution is -0.00418. The zero-order chi connectivity index (χ0) is 38.5. The fourth-order valence-corrected chi connectivity index (χ4v) is 9.58. The number of H-pyrrole nitrogens is 1. The average Bonchev–Trinajstić information content (AvgIpc) is 3.84. The van der Waals surface area contributed by atoms with E-state index < -0.39 is 7.14 Å². The fourth-order valence-electron chi connectivity index (χ4n) is 8.19. The molecular formula is C39H49N12O3P. The standard InChI is InChI=1S/C39H49N12O3P/c1-38(2,23-52)51-17-11-39(12-18-51)9-15-50(16-10-39)30-20-31(54-4)29(19-26(30)25-21-44-49(3)22-25)46-37-47-35-33(42-24-43-35)36(48-37)45-28-8-7-27-32(41-14-13-40-27)34(28)55(5,6)53/h7-8,13-14,19-22,24,52H,9-12,15-18,23H2,1-6H3,(H3,42,43,45,46,47,48). The van der Waals surface area contributed by atoms with E-state index in [0.29, 0.717) is 61.8 Å². The van der Waals surface area contributed by atoms with Gasteiger partial charge in [-0.1, -0.05) is 0 Å². The number of hydrogen-bond donors (Lipinski definition) is 4. The maximum atomic E-state index is 13.7. The van der Waals surface area contributed by atoms with Crippen LogP contribution in [-0.4, -0.2) is 108 Å². The van der Waals surface area contributed by atoms with E-state index in [-0.39, 0.29) is 12.1 Å². The van der Waals surface area contributed by atoms with Gasteiger partial charge in [0.15, 0.2) is 17.0 Å². The summed E-state index contributed by atoms with van der Waals surface area (Å²) in [4.78, 5) is 31.2. The highest BCUT2D eigenvalue weighted by atomic mass is 31.2. The molecule has 55 heavy (non-hydrogen) atoms. The molecule has 2 aromatic carbocycles. The Labute approximate surface area is 320 Å². The van der Waals surface area contributed by atoms with Crippen LogP contribution in [-0.2, 0) is 11.6 Å². The van der Waals surface area contributed by atoms with Crippen LogP contribution >= 0.6 is 7.14 Å². The molecule has 6 heterocycles. The van der Waals surface area contributed by atoms with Crippen molar-refractivity contribution in [2.24, 2.45) is 12.5 Å². The lowest BCUT2D eigenvalue weighted by Gasteiger charge is -2.50. The molecule has 0 amide bonds. The third kappa shape index (κ3) is 7.12. The Hall–Kier alpha value is -5.11. The number of aryl methyl sites for hydroxylation is 1. The number of fused-ring (bicyclic) bond motifs is 2. The highest BCUT2D eigenvalue weighted by Crippen LogP contribution is 2.47. The molecule has 15 nitrogen and oxygen atoms in total. The summed E-state index contributed by atoms with van der Waals surface area (Å²) in [6.45, 7) is 11.8. The van der Waals surface area contributed by atoms with Crippen LogP contribution in [0.2, 0.25) is 0 Å². The van der Waals surface area contributed by atoms with Gasteiger partial charge in [-0.15, -0.1) is 0 Å². The van der Waals surface area contributed by atoms with Crippen LogP contribution in [0.1, 0.15) is 39.5 Å². The van der Waals surface area contributed by atoms with E-state index in [1.54, 1.807) is 39.2 Å². The Bertz CT molecular complexity index is 2400. The first-order valence-electron chi connectivity index (χ1n) is 18.7. The van der Waals surface area contributed by atoms with Crippen LogP contribution in [0.5, 0.6) is 5.75 Å². The molecule has 8 rings (SSSR count). The Morgan fingerprint density at radius 3 is 2.40 bits per heavy atom. The number of hydrogen-bond acceptors (Lipinski definition) is 13. The summed E-state index contributed by atoms with van der Waals surface area (Å²) in [6, 6.07) is 7.89. The van der Waals surface area contributed by atoms with Crippen LogP contribution in [0.25, 0.3) is 33.3 Å². The number of aromatic amines is 1. The predicted octanol–water partition coefficient (Wildman–Crippen LogP) is 5.89. The molecule has 0 radical (unpaired) electrons. The lowest BCUT2D eigenvalue weighted by Crippen LogP contribution is -2.54. The summed E-state index contributed by atoms with van der Waals surface area (Å²) >= 11 is 0. The number of benzene rings is 2. The fraction of sp³-hybridized carbons (Fsp3) is 0.436. The van der Waals surface area contributed by atoms with Gasteiger partial charge in [0.2, 0.25) is 5.95 Å². The molecule has 288 valence electrons. The zero-order valence-corrected chi connectivity index (χ0v) is 33.2. The monoisotopic (exact) mass is 764 g/mol. The van der Waals surface area contributed by atoms with Crippen molar-refractivity contribution < 1.29 is 14.4 Å². The Morgan fingerprint density at radius 2 is 1.71 bits per heavy atom. The highest BCUT2D eigenvalue weighted by Gasteiger charge is 2.41. The van der Waals surface area contributed by atoms with Crippen LogP contribution in [0.4, 0.5) is 28.8 Å². The second kappa shape index (κ2) is 14.2. The van der Waals surface area contributed by atoms with E-state index in [4.69, 9.17) is 14.7 Å². The number of nitrogens with zero attached hydrogens (tertiary/aromatic N) is 9. The summed E-state index contributed by atoms with van der Waals surface area (Å²) in [7, 11) is 0.774. The van der Waals surface area contributed by atoms with Gasteiger partial charge < -0.3 is 34.9 Å². The molecule has 2 saturated heterocycles. The number of likely N-dealkylation sites (tertiary alicyclic amines) is 1.